The van der Waals surface area contributed by atoms with Crippen LogP contribution in [0.3, 0.4) is 0 Å². The molecule has 3 aromatic rings. The molecule has 0 spiro atoms. The Morgan fingerprint density at radius 2 is 2.09 bits per heavy atom. The number of aromatic nitrogens is 1. The molecule has 0 fully saturated rings. The molecule has 0 saturated heterocycles. The number of fused-ring (bicyclic) bond motifs is 1. The minimum atomic E-state index is -0.0879. The number of rotatable bonds is 3. The number of amides is 1. The van der Waals surface area contributed by atoms with E-state index in [1.54, 1.807) is 0 Å². The molecular formula is C17H17ClN2OS. The quantitative estimate of drug-likeness (QED) is 0.698. The van der Waals surface area contributed by atoms with Crippen molar-refractivity contribution < 1.29 is 4.79 Å². The predicted octanol–water partition coefficient (Wildman–Crippen LogP) is 5.25. The van der Waals surface area contributed by atoms with Crippen molar-refractivity contribution in [3.05, 3.63) is 51.5 Å². The third-order valence-electron chi connectivity index (χ3n) is 3.96. The van der Waals surface area contributed by atoms with E-state index in [4.69, 9.17) is 11.6 Å². The summed E-state index contributed by atoms with van der Waals surface area (Å²) in [6, 6.07) is 9.75. The standard InChI is InChI=1S/C17H17ClN2OS/c1-4-20-13-9-16(18)22-15(13)8-14(20)17(21)19-12-7-5-6-10(2)11(12)3/h5-9H,4H2,1-3H3,(H,19,21). The summed E-state index contributed by atoms with van der Waals surface area (Å²) in [5.41, 5.74) is 4.80. The Bertz CT molecular complexity index is 863. The van der Waals surface area contributed by atoms with Crippen molar-refractivity contribution in [2.24, 2.45) is 0 Å². The van der Waals surface area contributed by atoms with Crippen molar-refractivity contribution in [3.63, 3.8) is 0 Å². The number of halogens is 1. The first-order valence-corrected chi connectivity index (χ1v) is 8.37. The van der Waals surface area contributed by atoms with Crippen LogP contribution in [0.5, 0.6) is 0 Å². The minimum absolute atomic E-state index is 0.0879. The maximum absolute atomic E-state index is 12.6. The lowest BCUT2D eigenvalue weighted by molar-refractivity contribution is 0.101. The summed E-state index contributed by atoms with van der Waals surface area (Å²) in [6.07, 6.45) is 0. The van der Waals surface area contributed by atoms with Gasteiger partial charge in [-0.05, 0) is 50.1 Å². The Morgan fingerprint density at radius 1 is 1.32 bits per heavy atom. The number of nitrogens with one attached hydrogen (secondary N) is 1. The Balaban J connectivity index is 1.98. The van der Waals surface area contributed by atoms with Gasteiger partial charge in [-0.25, -0.2) is 0 Å². The molecule has 0 saturated carbocycles. The molecule has 0 aliphatic carbocycles. The van der Waals surface area contributed by atoms with Crippen LogP contribution in [0.15, 0.2) is 30.3 Å². The second kappa shape index (κ2) is 5.78. The van der Waals surface area contributed by atoms with E-state index in [0.29, 0.717) is 5.69 Å². The zero-order valence-electron chi connectivity index (χ0n) is 12.7. The highest BCUT2D eigenvalue weighted by Crippen LogP contribution is 2.32. The fourth-order valence-electron chi connectivity index (χ4n) is 2.61. The van der Waals surface area contributed by atoms with E-state index in [2.05, 4.69) is 5.32 Å². The molecule has 0 unspecified atom stereocenters. The number of hydrogen-bond acceptors (Lipinski definition) is 2. The third kappa shape index (κ3) is 2.53. The van der Waals surface area contributed by atoms with Gasteiger partial charge in [0, 0.05) is 12.2 Å². The van der Waals surface area contributed by atoms with E-state index >= 15 is 0 Å². The van der Waals surface area contributed by atoms with Crippen LogP contribution in [0.4, 0.5) is 5.69 Å². The number of anilines is 1. The molecule has 1 amide bonds. The monoisotopic (exact) mass is 332 g/mol. The Kier molecular flexibility index (Phi) is 3.98. The molecule has 1 aromatic carbocycles. The molecule has 0 aliphatic heterocycles. The lowest BCUT2D eigenvalue weighted by Gasteiger charge is -2.12. The molecule has 3 rings (SSSR count). The van der Waals surface area contributed by atoms with Crippen molar-refractivity contribution in [2.75, 3.05) is 5.32 Å². The van der Waals surface area contributed by atoms with Crippen LogP contribution < -0.4 is 5.32 Å². The van der Waals surface area contributed by atoms with E-state index in [9.17, 15) is 4.79 Å². The van der Waals surface area contributed by atoms with Crippen molar-refractivity contribution >= 4 is 44.7 Å². The fraction of sp³-hybridized carbons (Fsp3) is 0.235. The third-order valence-corrected chi connectivity index (χ3v) is 5.16. The van der Waals surface area contributed by atoms with Gasteiger partial charge in [-0.2, -0.15) is 0 Å². The van der Waals surface area contributed by atoms with E-state index in [-0.39, 0.29) is 5.91 Å². The van der Waals surface area contributed by atoms with Gasteiger partial charge in [0.05, 0.1) is 14.6 Å². The number of nitrogens with zero attached hydrogens (tertiary/aromatic N) is 1. The summed E-state index contributed by atoms with van der Waals surface area (Å²) < 4.78 is 3.78. The first-order chi connectivity index (χ1) is 10.5. The van der Waals surface area contributed by atoms with Crippen LogP contribution in [-0.2, 0) is 6.54 Å². The van der Waals surface area contributed by atoms with Crippen LogP contribution in [0.25, 0.3) is 10.2 Å². The molecule has 3 nitrogen and oxygen atoms in total. The van der Waals surface area contributed by atoms with E-state index in [0.717, 1.165) is 37.9 Å². The van der Waals surface area contributed by atoms with Crippen molar-refractivity contribution in [1.29, 1.82) is 0 Å². The number of benzene rings is 1. The zero-order chi connectivity index (χ0) is 15.9. The Labute approximate surface area is 138 Å². The average molecular weight is 333 g/mol. The molecular weight excluding hydrogens is 316 g/mol. The maximum atomic E-state index is 12.6. The number of aryl methyl sites for hydroxylation is 2. The average Bonchev–Trinajstić information content (AvgIpc) is 2.99. The second-order valence-electron chi connectivity index (χ2n) is 5.28. The van der Waals surface area contributed by atoms with Crippen LogP contribution in [0.2, 0.25) is 4.34 Å². The first-order valence-electron chi connectivity index (χ1n) is 7.17. The summed E-state index contributed by atoms with van der Waals surface area (Å²) in [4.78, 5) is 12.6. The Morgan fingerprint density at radius 3 is 2.82 bits per heavy atom. The summed E-state index contributed by atoms with van der Waals surface area (Å²) >= 11 is 7.55. The highest BCUT2D eigenvalue weighted by Gasteiger charge is 2.17. The van der Waals surface area contributed by atoms with Crippen LogP contribution in [-0.4, -0.2) is 10.5 Å². The van der Waals surface area contributed by atoms with Crippen molar-refractivity contribution in [1.82, 2.24) is 4.57 Å². The summed E-state index contributed by atoms with van der Waals surface area (Å²) in [5.74, 6) is -0.0879. The molecule has 114 valence electrons. The fourth-order valence-corrected chi connectivity index (χ4v) is 3.79. The second-order valence-corrected chi connectivity index (χ2v) is 6.99. The summed E-state index contributed by atoms with van der Waals surface area (Å²) in [7, 11) is 0. The number of carbonyl (C=O) groups is 1. The molecule has 0 bridgehead atoms. The van der Waals surface area contributed by atoms with Gasteiger partial charge in [0.25, 0.3) is 5.91 Å². The lowest BCUT2D eigenvalue weighted by Crippen LogP contribution is -2.17. The largest absolute Gasteiger partial charge is 0.336 e. The van der Waals surface area contributed by atoms with Crippen LogP contribution in [0, 0.1) is 13.8 Å². The van der Waals surface area contributed by atoms with Crippen molar-refractivity contribution in [3.8, 4) is 0 Å². The van der Waals surface area contributed by atoms with Gasteiger partial charge in [-0.15, -0.1) is 11.3 Å². The van der Waals surface area contributed by atoms with Gasteiger partial charge in [-0.3, -0.25) is 4.79 Å². The van der Waals surface area contributed by atoms with Gasteiger partial charge < -0.3 is 9.88 Å². The normalized spacial score (nSPS) is 11.1. The van der Waals surface area contributed by atoms with Gasteiger partial charge in [0.2, 0.25) is 0 Å². The molecule has 2 aromatic heterocycles. The molecule has 0 radical (unpaired) electrons. The molecule has 1 N–H and O–H groups in total. The number of thiophene rings is 1. The first kappa shape index (κ1) is 15.1. The van der Waals surface area contributed by atoms with E-state index in [1.807, 2.05) is 55.7 Å². The maximum Gasteiger partial charge on any atom is 0.272 e. The van der Waals surface area contributed by atoms with E-state index < -0.39 is 0 Å². The van der Waals surface area contributed by atoms with Gasteiger partial charge in [0.1, 0.15) is 5.69 Å². The Hall–Kier alpha value is -1.78. The zero-order valence-corrected chi connectivity index (χ0v) is 14.3. The summed E-state index contributed by atoms with van der Waals surface area (Å²) in [5, 5.41) is 3.02. The molecule has 0 atom stereocenters. The van der Waals surface area contributed by atoms with Crippen molar-refractivity contribution in [2.45, 2.75) is 27.3 Å². The van der Waals surface area contributed by atoms with Crippen LogP contribution >= 0.6 is 22.9 Å². The molecule has 2 heterocycles. The SMILES string of the molecule is CCn1c(C(=O)Nc2cccc(C)c2C)cc2sc(Cl)cc21. The van der Waals surface area contributed by atoms with Gasteiger partial charge in [0.15, 0.2) is 0 Å². The smallest absolute Gasteiger partial charge is 0.272 e. The highest BCUT2D eigenvalue weighted by molar-refractivity contribution is 7.22. The number of carbonyl (C=O) groups excluding carboxylic acids is 1. The summed E-state index contributed by atoms with van der Waals surface area (Å²) in [6.45, 7) is 6.81. The highest BCUT2D eigenvalue weighted by atomic mass is 35.5. The van der Waals surface area contributed by atoms with Gasteiger partial charge >= 0.3 is 0 Å². The molecule has 5 heteroatoms. The molecule has 0 aliphatic rings. The number of hydrogen-bond donors (Lipinski definition) is 1. The lowest BCUT2D eigenvalue weighted by atomic mass is 10.1. The topological polar surface area (TPSA) is 34.0 Å². The molecule has 22 heavy (non-hydrogen) atoms. The van der Waals surface area contributed by atoms with Gasteiger partial charge in [-0.1, -0.05) is 23.7 Å². The van der Waals surface area contributed by atoms with Crippen LogP contribution in [0.1, 0.15) is 28.5 Å². The predicted molar refractivity (Wildman–Crippen MR) is 94.4 cm³/mol. The minimum Gasteiger partial charge on any atom is -0.336 e. The van der Waals surface area contributed by atoms with E-state index in [1.165, 1.54) is 11.3 Å².